The van der Waals surface area contributed by atoms with E-state index in [1.807, 2.05) is 0 Å². The molecule has 0 amide bonds. The van der Waals surface area contributed by atoms with Gasteiger partial charge in [0.1, 0.15) is 13.2 Å². The molecule has 0 aromatic rings. The van der Waals surface area contributed by atoms with Gasteiger partial charge in [0, 0.05) is 19.3 Å². The fourth-order valence-electron chi connectivity index (χ4n) is 8.44. The van der Waals surface area contributed by atoms with Crippen molar-refractivity contribution < 1.29 is 28.6 Å². The average molecular weight is 1020 g/mol. The Morgan fingerprint density at radius 2 is 0.534 bits per heavy atom. The predicted octanol–water partition coefficient (Wildman–Crippen LogP) is 20.9. The molecule has 418 valence electrons. The standard InChI is InChI=1S/C67H114O6/c1-4-7-10-13-16-19-22-25-28-31-32-33-34-35-36-37-40-42-45-48-51-54-57-60-66(69)72-63-64(73-67(70)61-58-55-52-49-46-43-39-30-27-24-21-18-15-12-9-6-3)62-71-65(68)59-56-53-50-47-44-41-38-29-26-23-20-17-14-11-8-5-2/h7,10,16,19,25,28-30,32-33,35-36,38-40,42,64H,4-6,8-9,11-15,17-18,20-24,26-27,31,34,37,41,43-63H2,1-3H3/b10-7-,19-16-,28-25-,33-32-,36-35-,38-29-,39-30-,42-40-. The van der Waals surface area contributed by atoms with Crippen molar-refractivity contribution >= 4 is 17.9 Å². The molecule has 0 fully saturated rings. The first-order valence-electron chi connectivity index (χ1n) is 30.7. The lowest BCUT2D eigenvalue weighted by Gasteiger charge is -2.18. The molecule has 0 radical (unpaired) electrons. The first-order valence-corrected chi connectivity index (χ1v) is 30.7. The van der Waals surface area contributed by atoms with Gasteiger partial charge in [-0.1, -0.05) is 246 Å². The molecule has 6 nitrogen and oxygen atoms in total. The van der Waals surface area contributed by atoms with Crippen LogP contribution < -0.4 is 0 Å². The molecule has 0 N–H and O–H groups in total. The van der Waals surface area contributed by atoms with E-state index in [0.717, 1.165) is 128 Å². The van der Waals surface area contributed by atoms with Crippen LogP contribution in [0.3, 0.4) is 0 Å². The minimum Gasteiger partial charge on any atom is -0.462 e. The average Bonchev–Trinajstić information content (AvgIpc) is 3.39. The molecule has 1 atom stereocenters. The van der Waals surface area contributed by atoms with Crippen LogP contribution in [0.4, 0.5) is 0 Å². The van der Waals surface area contributed by atoms with Crippen molar-refractivity contribution in [2.45, 2.75) is 297 Å². The van der Waals surface area contributed by atoms with Gasteiger partial charge in [-0.3, -0.25) is 14.4 Å². The molecular formula is C67H114O6. The number of ether oxygens (including phenoxy) is 3. The lowest BCUT2D eigenvalue weighted by molar-refractivity contribution is -0.167. The van der Waals surface area contributed by atoms with E-state index in [0.29, 0.717) is 19.3 Å². The van der Waals surface area contributed by atoms with Crippen molar-refractivity contribution in [1.82, 2.24) is 0 Å². The van der Waals surface area contributed by atoms with Crippen molar-refractivity contribution in [2.24, 2.45) is 0 Å². The smallest absolute Gasteiger partial charge is 0.306 e. The molecule has 73 heavy (non-hydrogen) atoms. The monoisotopic (exact) mass is 1010 g/mol. The molecule has 0 saturated carbocycles. The Morgan fingerprint density at radius 3 is 0.849 bits per heavy atom. The summed E-state index contributed by atoms with van der Waals surface area (Å²) in [5.41, 5.74) is 0. The zero-order valence-electron chi connectivity index (χ0n) is 47.9. The van der Waals surface area contributed by atoms with Crippen LogP contribution in [0.25, 0.3) is 0 Å². The molecule has 0 rings (SSSR count). The van der Waals surface area contributed by atoms with Crippen molar-refractivity contribution in [2.75, 3.05) is 13.2 Å². The van der Waals surface area contributed by atoms with Gasteiger partial charge < -0.3 is 14.2 Å². The van der Waals surface area contributed by atoms with Gasteiger partial charge in [-0.15, -0.1) is 0 Å². The topological polar surface area (TPSA) is 78.9 Å². The SMILES string of the molecule is CC/C=C\C/C=C\C/C=C\C/C=C\C/C=C\C/C=C\CCCCCCC(=O)OCC(COC(=O)CCCCCCC/C=C\CCCCCCCCC)OC(=O)CCCCCCC/C=C\CCCCCCCCC. The number of rotatable bonds is 55. The molecule has 0 heterocycles. The van der Waals surface area contributed by atoms with E-state index in [9.17, 15) is 14.4 Å². The van der Waals surface area contributed by atoms with Gasteiger partial charge in [-0.2, -0.15) is 0 Å². The van der Waals surface area contributed by atoms with Gasteiger partial charge in [0.15, 0.2) is 6.10 Å². The minimum atomic E-state index is -0.798. The maximum atomic E-state index is 12.9. The second-order valence-corrected chi connectivity index (χ2v) is 20.2. The van der Waals surface area contributed by atoms with Crippen molar-refractivity contribution in [3.05, 3.63) is 97.2 Å². The van der Waals surface area contributed by atoms with Crippen LogP contribution in [0, 0.1) is 0 Å². The molecule has 0 saturated heterocycles. The zero-order valence-corrected chi connectivity index (χ0v) is 47.9. The molecule has 0 aliphatic rings. The Balaban J connectivity index is 4.44. The maximum Gasteiger partial charge on any atom is 0.306 e. The van der Waals surface area contributed by atoms with E-state index in [2.05, 4.69) is 118 Å². The summed E-state index contributed by atoms with van der Waals surface area (Å²) in [6.45, 7) is 6.50. The second kappa shape index (κ2) is 60.9. The number of esters is 3. The molecule has 0 aromatic heterocycles. The summed E-state index contributed by atoms with van der Waals surface area (Å²) in [6.07, 6.45) is 81.1. The summed E-state index contributed by atoms with van der Waals surface area (Å²) in [7, 11) is 0. The third-order valence-corrected chi connectivity index (χ3v) is 13.0. The quantitative estimate of drug-likeness (QED) is 0.0261. The third kappa shape index (κ3) is 59.1. The highest BCUT2D eigenvalue weighted by atomic mass is 16.6. The van der Waals surface area contributed by atoms with Crippen LogP contribution in [0.15, 0.2) is 97.2 Å². The van der Waals surface area contributed by atoms with E-state index in [-0.39, 0.29) is 31.1 Å². The van der Waals surface area contributed by atoms with E-state index in [1.165, 1.54) is 122 Å². The Morgan fingerprint density at radius 1 is 0.288 bits per heavy atom. The molecule has 0 spiro atoms. The number of hydrogen-bond acceptors (Lipinski definition) is 6. The van der Waals surface area contributed by atoms with E-state index in [4.69, 9.17) is 14.2 Å². The fraction of sp³-hybridized carbons (Fsp3) is 0.716. The highest BCUT2D eigenvalue weighted by molar-refractivity contribution is 5.71. The second-order valence-electron chi connectivity index (χ2n) is 20.2. The van der Waals surface area contributed by atoms with Crippen LogP contribution >= 0.6 is 0 Å². The van der Waals surface area contributed by atoms with Crippen LogP contribution in [-0.4, -0.2) is 37.2 Å². The summed E-state index contributed by atoms with van der Waals surface area (Å²) in [5.74, 6) is -0.928. The molecule has 6 heteroatoms. The number of hydrogen-bond donors (Lipinski definition) is 0. The van der Waals surface area contributed by atoms with Crippen molar-refractivity contribution in [3.8, 4) is 0 Å². The summed E-state index contributed by atoms with van der Waals surface area (Å²) in [5, 5.41) is 0. The van der Waals surface area contributed by atoms with E-state index in [1.54, 1.807) is 0 Å². The van der Waals surface area contributed by atoms with Crippen LogP contribution in [0.2, 0.25) is 0 Å². The lowest BCUT2D eigenvalue weighted by atomic mass is 10.1. The Bertz CT molecular complexity index is 1440. The summed E-state index contributed by atoms with van der Waals surface area (Å²) < 4.78 is 16.9. The molecule has 1 unspecified atom stereocenters. The van der Waals surface area contributed by atoms with Crippen molar-refractivity contribution in [1.29, 1.82) is 0 Å². The number of allylic oxidation sites excluding steroid dienone is 16. The van der Waals surface area contributed by atoms with Gasteiger partial charge in [-0.25, -0.2) is 0 Å². The van der Waals surface area contributed by atoms with E-state index < -0.39 is 6.10 Å². The molecule has 0 bridgehead atoms. The van der Waals surface area contributed by atoms with Crippen LogP contribution in [0.5, 0.6) is 0 Å². The van der Waals surface area contributed by atoms with Crippen LogP contribution in [-0.2, 0) is 28.6 Å². The molecular weight excluding hydrogens is 901 g/mol. The predicted molar refractivity (Wildman–Crippen MR) is 316 cm³/mol. The summed E-state index contributed by atoms with van der Waals surface area (Å²) >= 11 is 0. The molecule has 0 aliphatic carbocycles. The third-order valence-electron chi connectivity index (χ3n) is 13.0. The number of unbranched alkanes of at least 4 members (excludes halogenated alkanes) is 28. The Labute approximate surface area is 451 Å². The largest absolute Gasteiger partial charge is 0.462 e. The Hall–Kier alpha value is -3.67. The highest BCUT2D eigenvalue weighted by Gasteiger charge is 2.19. The first kappa shape index (κ1) is 69.3. The molecule has 0 aromatic carbocycles. The number of carbonyl (C=O) groups excluding carboxylic acids is 3. The highest BCUT2D eigenvalue weighted by Crippen LogP contribution is 2.15. The molecule has 0 aliphatic heterocycles. The normalized spacial score (nSPS) is 12.8. The summed E-state index contributed by atoms with van der Waals surface area (Å²) in [4.78, 5) is 38.3. The Kier molecular flexibility index (Phi) is 57.8. The van der Waals surface area contributed by atoms with Gasteiger partial charge in [0.05, 0.1) is 0 Å². The maximum absolute atomic E-state index is 12.9. The number of carbonyl (C=O) groups is 3. The van der Waals surface area contributed by atoms with Gasteiger partial charge >= 0.3 is 17.9 Å². The lowest BCUT2D eigenvalue weighted by Crippen LogP contribution is -2.30. The van der Waals surface area contributed by atoms with Crippen LogP contribution in [0.1, 0.15) is 290 Å². The van der Waals surface area contributed by atoms with Crippen molar-refractivity contribution in [3.63, 3.8) is 0 Å². The van der Waals surface area contributed by atoms with Gasteiger partial charge in [0.25, 0.3) is 0 Å². The fourth-order valence-corrected chi connectivity index (χ4v) is 8.44. The van der Waals surface area contributed by atoms with Gasteiger partial charge in [0.2, 0.25) is 0 Å². The minimum absolute atomic E-state index is 0.0931. The zero-order chi connectivity index (χ0) is 52.9. The van der Waals surface area contributed by atoms with E-state index >= 15 is 0 Å². The first-order chi connectivity index (χ1) is 36.0. The van der Waals surface area contributed by atoms with Gasteiger partial charge in [-0.05, 0) is 122 Å². The summed E-state index contributed by atoms with van der Waals surface area (Å²) in [6, 6.07) is 0.